The lowest BCUT2D eigenvalue weighted by atomic mass is 10.1. The highest BCUT2D eigenvalue weighted by atomic mass is 32.1. The van der Waals surface area contributed by atoms with Gasteiger partial charge in [0.25, 0.3) is 0 Å². The molecular weight excluding hydrogens is 353 g/mol. The van der Waals surface area contributed by atoms with Crippen molar-refractivity contribution in [3.05, 3.63) is 58.3 Å². The first kappa shape index (κ1) is 15.6. The zero-order chi connectivity index (χ0) is 17.8. The Labute approximate surface area is 142 Å². The van der Waals surface area contributed by atoms with E-state index >= 15 is 0 Å². The molecule has 0 spiro atoms. The van der Waals surface area contributed by atoms with Gasteiger partial charge in [0.1, 0.15) is 11.3 Å². The molecule has 0 radical (unpaired) electrons. The molecule has 0 aliphatic rings. The summed E-state index contributed by atoms with van der Waals surface area (Å²) in [7, 11) is 0. The second kappa shape index (κ2) is 5.32. The molecule has 0 saturated carbocycles. The maximum atomic E-state index is 12.9. The second-order valence-corrected chi connectivity index (χ2v) is 6.42. The van der Waals surface area contributed by atoms with Gasteiger partial charge in [0, 0.05) is 11.6 Å². The minimum absolute atomic E-state index is 0.0698. The molecule has 0 aliphatic carbocycles. The monoisotopic (exact) mass is 362 g/mol. The van der Waals surface area contributed by atoms with E-state index in [0.29, 0.717) is 20.7 Å². The van der Waals surface area contributed by atoms with Crippen LogP contribution in [0.4, 0.5) is 18.3 Å². The van der Waals surface area contributed by atoms with Crippen LogP contribution in [0.25, 0.3) is 32.5 Å². The standard InChI is InChI=1S/C17H9F3N2O2S/c18-17(19,20)9-3-1-2-8(6-9)13-7-11(23)14-12(24-13)5-4-10-15(14)25-16(21)22-10/h1-7H,(H2,21,22). The van der Waals surface area contributed by atoms with E-state index in [0.717, 1.165) is 23.5 Å². The zero-order valence-corrected chi connectivity index (χ0v) is 13.2. The topological polar surface area (TPSA) is 69.1 Å². The van der Waals surface area contributed by atoms with Crippen LogP contribution in [0.1, 0.15) is 5.56 Å². The number of fused-ring (bicyclic) bond motifs is 3. The predicted octanol–water partition coefficient (Wildman–Crippen LogP) is 4.67. The molecule has 25 heavy (non-hydrogen) atoms. The summed E-state index contributed by atoms with van der Waals surface area (Å²) in [6.45, 7) is 0. The number of anilines is 1. The molecule has 0 bridgehead atoms. The third-order valence-corrected chi connectivity index (χ3v) is 4.66. The molecule has 2 aromatic heterocycles. The Morgan fingerprint density at radius 2 is 1.92 bits per heavy atom. The van der Waals surface area contributed by atoms with Gasteiger partial charge in [-0.1, -0.05) is 23.5 Å². The smallest absolute Gasteiger partial charge is 0.416 e. The van der Waals surface area contributed by atoms with E-state index in [1.165, 1.54) is 18.2 Å². The van der Waals surface area contributed by atoms with E-state index in [1.807, 2.05) is 0 Å². The van der Waals surface area contributed by atoms with Crippen molar-refractivity contribution in [1.82, 2.24) is 4.98 Å². The lowest BCUT2D eigenvalue weighted by Crippen LogP contribution is -2.05. The molecule has 0 amide bonds. The maximum absolute atomic E-state index is 12.9. The van der Waals surface area contributed by atoms with Gasteiger partial charge in [-0.3, -0.25) is 4.79 Å². The van der Waals surface area contributed by atoms with Gasteiger partial charge in [-0.2, -0.15) is 13.2 Å². The fourth-order valence-electron chi connectivity index (χ4n) is 2.64. The Kier molecular flexibility index (Phi) is 3.33. The molecule has 0 unspecified atom stereocenters. The predicted molar refractivity (Wildman–Crippen MR) is 90.5 cm³/mol. The Balaban J connectivity index is 1.96. The van der Waals surface area contributed by atoms with Crippen LogP contribution in [0.3, 0.4) is 0 Å². The molecule has 2 aromatic carbocycles. The number of hydrogen-bond acceptors (Lipinski definition) is 5. The van der Waals surface area contributed by atoms with Gasteiger partial charge in [0.2, 0.25) is 0 Å². The van der Waals surface area contributed by atoms with Gasteiger partial charge in [-0.25, -0.2) is 4.98 Å². The highest BCUT2D eigenvalue weighted by molar-refractivity contribution is 7.22. The van der Waals surface area contributed by atoms with Crippen LogP contribution in [-0.2, 0) is 6.18 Å². The van der Waals surface area contributed by atoms with Crippen molar-refractivity contribution in [2.45, 2.75) is 6.18 Å². The highest BCUT2D eigenvalue weighted by Crippen LogP contribution is 2.34. The average molecular weight is 362 g/mol. The van der Waals surface area contributed by atoms with Crippen molar-refractivity contribution >= 4 is 37.7 Å². The quantitative estimate of drug-likeness (QED) is 0.534. The number of nitrogens with two attached hydrogens (primary N) is 1. The van der Waals surface area contributed by atoms with Crippen LogP contribution in [-0.4, -0.2) is 4.98 Å². The van der Waals surface area contributed by atoms with E-state index in [1.54, 1.807) is 12.1 Å². The van der Waals surface area contributed by atoms with Crippen LogP contribution in [0.15, 0.2) is 51.7 Å². The molecule has 0 fully saturated rings. The molecule has 126 valence electrons. The summed E-state index contributed by atoms with van der Waals surface area (Å²) in [4.78, 5) is 16.6. The van der Waals surface area contributed by atoms with E-state index < -0.39 is 11.7 Å². The summed E-state index contributed by atoms with van der Waals surface area (Å²) in [6.07, 6.45) is -4.47. The summed E-state index contributed by atoms with van der Waals surface area (Å²) in [5, 5.41) is 0.645. The zero-order valence-electron chi connectivity index (χ0n) is 12.4. The first-order valence-electron chi connectivity index (χ1n) is 7.13. The number of hydrogen-bond donors (Lipinski definition) is 1. The van der Waals surface area contributed by atoms with Crippen molar-refractivity contribution < 1.29 is 17.6 Å². The number of rotatable bonds is 1. The molecule has 2 heterocycles. The average Bonchev–Trinajstić information content (AvgIpc) is 2.94. The van der Waals surface area contributed by atoms with Crippen LogP contribution in [0, 0.1) is 0 Å². The fourth-order valence-corrected chi connectivity index (χ4v) is 3.51. The van der Waals surface area contributed by atoms with E-state index in [4.69, 9.17) is 10.2 Å². The van der Waals surface area contributed by atoms with Crippen LogP contribution < -0.4 is 11.2 Å². The summed E-state index contributed by atoms with van der Waals surface area (Å²) < 4.78 is 44.9. The maximum Gasteiger partial charge on any atom is 0.416 e. The number of aromatic nitrogens is 1. The number of alkyl halides is 3. The normalized spacial score (nSPS) is 12.1. The number of nitrogen functional groups attached to an aromatic ring is 1. The van der Waals surface area contributed by atoms with Crippen molar-refractivity contribution in [2.75, 3.05) is 5.73 Å². The van der Waals surface area contributed by atoms with E-state index in [-0.39, 0.29) is 22.3 Å². The van der Waals surface area contributed by atoms with Crippen molar-refractivity contribution in [3.8, 4) is 11.3 Å². The lowest BCUT2D eigenvalue weighted by molar-refractivity contribution is -0.137. The number of halogens is 3. The van der Waals surface area contributed by atoms with Crippen molar-refractivity contribution in [1.29, 1.82) is 0 Å². The largest absolute Gasteiger partial charge is 0.456 e. The van der Waals surface area contributed by atoms with Gasteiger partial charge < -0.3 is 10.2 Å². The summed E-state index contributed by atoms with van der Waals surface area (Å²) in [6, 6.07) is 9.06. The SMILES string of the molecule is Nc1nc2ccc3oc(-c4cccc(C(F)(F)F)c4)cc(=O)c3c2s1. The fraction of sp³-hybridized carbons (Fsp3) is 0.0588. The van der Waals surface area contributed by atoms with E-state index in [2.05, 4.69) is 4.98 Å². The van der Waals surface area contributed by atoms with Crippen LogP contribution in [0.2, 0.25) is 0 Å². The third-order valence-electron chi connectivity index (χ3n) is 3.74. The highest BCUT2D eigenvalue weighted by Gasteiger charge is 2.30. The van der Waals surface area contributed by atoms with Crippen LogP contribution in [0.5, 0.6) is 0 Å². The molecular formula is C17H9F3N2O2S. The number of nitrogens with zero attached hydrogens (tertiary/aromatic N) is 1. The summed E-state index contributed by atoms with van der Waals surface area (Å²) in [5.74, 6) is 0.0698. The minimum atomic E-state index is -4.47. The minimum Gasteiger partial charge on any atom is -0.456 e. The molecule has 0 aliphatic heterocycles. The summed E-state index contributed by atoms with van der Waals surface area (Å²) >= 11 is 1.16. The second-order valence-electron chi connectivity index (χ2n) is 5.39. The lowest BCUT2D eigenvalue weighted by Gasteiger charge is -2.08. The summed E-state index contributed by atoms with van der Waals surface area (Å²) in [5.41, 5.74) is 5.54. The molecule has 2 N–H and O–H groups in total. The molecule has 4 nitrogen and oxygen atoms in total. The van der Waals surface area contributed by atoms with Crippen molar-refractivity contribution in [3.63, 3.8) is 0 Å². The van der Waals surface area contributed by atoms with Gasteiger partial charge in [-0.15, -0.1) is 0 Å². The molecule has 4 rings (SSSR count). The van der Waals surface area contributed by atoms with Gasteiger partial charge >= 0.3 is 6.18 Å². The molecule has 4 aromatic rings. The first-order chi connectivity index (χ1) is 11.8. The van der Waals surface area contributed by atoms with Crippen molar-refractivity contribution in [2.24, 2.45) is 0 Å². The van der Waals surface area contributed by atoms with Gasteiger partial charge in [-0.05, 0) is 24.3 Å². The molecule has 0 atom stereocenters. The first-order valence-corrected chi connectivity index (χ1v) is 7.95. The Morgan fingerprint density at radius 1 is 1.12 bits per heavy atom. The molecule has 0 saturated heterocycles. The van der Waals surface area contributed by atoms with Gasteiger partial charge in [0.05, 0.1) is 21.2 Å². The van der Waals surface area contributed by atoms with E-state index in [9.17, 15) is 18.0 Å². The Hall–Kier alpha value is -2.87. The van der Waals surface area contributed by atoms with Crippen LogP contribution >= 0.6 is 11.3 Å². The number of thiazole rings is 1. The third kappa shape index (κ3) is 2.64. The Bertz CT molecular complexity index is 1180. The Morgan fingerprint density at radius 3 is 2.68 bits per heavy atom. The number of benzene rings is 2. The molecule has 8 heteroatoms. The van der Waals surface area contributed by atoms with Gasteiger partial charge in [0.15, 0.2) is 10.6 Å².